The zero-order valence-corrected chi connectivity index (χ0v) is 4.98. The maximum atomic E-state index is 11.9. The van der Waals surface area contributed by atoms with E-state index < -0.39 is 18.1 Å². The fourth-order valence-electron chi connectivity index (χ4n) is 0.237. The monoisotopic (exact) mass is 162 g/mol. The lowest BCUT2D eigenvalue weighted by Crippen LogP contribution is -2.49. The van der Waals surface area contributed by atoms with E-state index in [1.807, 2.05) is 0 Å². The lowest BCUT2D eigenvalue weighted by Gasteiger charge is -2.23. The highest BCUT2D eigenvalue weighted by molar-refractivity contribution is 4.79. The molecule has 2 atom stereocenters. The van der Waals surface area contributed by atoms with Crippen molar-refractivity contribution in [1.29, 1.82) is 0 Å². The molecular formula is C4H6F4O2. The van der Waals surface area contributed by atoms with Crippen molar-refractivity contribution in [3.8, 4) is 0 Å². The van der Waals surface area contributed by atoms with Gasteiger partial charge in [0.15, 0.2) is 0 Å². The van der Waals surface area contributed by atoms with Crippen LogP contribution in [0.15, 0.2) is 0 Å². The van der Waals surface area contributed by atoms with Crippen LogP contribution in [0.3, 0.4) is 0 Å². The summed E-state index contributed by atoms with van der Waals surface area (Å²) < 4.78 is 45.8. The molecule has 0 aliphatic rings. The molecule has 0 rings (SSSR count). The molecule has 0 amide bonds. The first-order chi connectivity index (χ1) is 4.19. The van der Waals surface area contributed by atoms with Crippen molar-refractivity contribution in [3.05, 3.63) is 0 Å². The Kier molecular flexibility index (Phi) is 2.27. The number of aliphatic hydroxyl groups excluding tert-OH is 1. The second kappa shape index (κ2) is 2.35. The summed E-state index contributed by atoms with van der Waals surface area (Å²) in [7, 11) is 0. The highest BCUT2D eigenvalue weighted by Crippen LogP contribution is 2.33. The Hall–Kier alpha value is -0.360. The number of aliphatic hydroxyl groups is 2. The minimum absolute atomic E-state index is 0.507. The van der Waals surface area contributed by atoms with Crippen LogP contribution >= 0.6 is 0 Å². The van der Waals surface area contributed by atoms with Gasteiger partial charge >= 0.3 is 12.0 Å². The fourth-order valence-corrected chi connectivity index (χ4v) is 0.237. The molecule has 6 heteroatoms. The van der Waals surface area contributed by atoms with E-state index in [-0.39, 0.29) is 0 Å². The summed E-state index contributed by atoms with van der Waals surface area (Å²) in [5, 5.41) is 16.0. The maximum absolute atomic E-state index is 11.9. The molecule has 0 aliphatic carbocycles. The van der Waals surface area contributed by atoms with Crippen LogP contribution in [0, 0.1) is 0 Å². The van der Waals surface area contributed by atoms with E-state index in [0.29, 0.717) is 6.92 Å². The Morgan fingerprint density at radius 3 is 1.50 bits per heavy atom. The molecule has 0 aromatic heterocycles. The minimum Gasteiger partial charge on any atom is -0.387 e. The molecule has 2 unspecified atom stereocenters. The van der Waals surface area contributed by atoms with Crippen LogP contribution in [0.4, 0.5) is 17.6 Å². The van der Waals surface area contributed by atoms with Crippen molar-refractivity contribution < 1.29 is 27.8 Å². The SMILES string of the molecule is CC(O)C(O)(F)C(F)(F)F. The van der Waals surface area contributed by atoms with Crippen LogP contribution in [0.2, 0.25) is 0 Å². The number of hydrogen-bond donors (Lipinski definition) is 2. The standard InChI is InChI=1S/C4H6F4O2/c1-2(9)3(5,10)4(6,7)8/h2,9-10H,1H3. The molecule has 0 saturated carbocycles. The molecule has 0 radical (unpaired) electrons. The first-order valence-corrected chi connectivity index (χ1v) is 2.35. The third-order valence-electron chi connectivity index (χ3n) is 0.951. The van der Waals surface area contributed by atoms with Gasteiger partial charge in [0, 0.05) is 0 Å². The molecule has 0 bridgehead atoms. The molecule has 0 aromatic carbocycles. The molecular weight excluding hydrogens is 156 g/mol. The Balaban J connectivity index is 4.40. The second-order valence-corrected chi connectivity index (χ2v) is 1.85. The van der Waals surface area contributed by atoms with Gasteiger partial charge in [0.2, 0.25) is 0 Å². The topological polar surface area (TPSA) is 40.5 Å². The van der Waals surface area contributed by atoms with Gasteiger partial charge in [0.25, 0.3) is 0 Å². The van der Waals surface area contributed by atoms with Crippen LogP contribution in [-0.2, 0) is 0 Å². The van der Waals surface area contributed by atoms with Crippen molar-refractivity contribution in [3.63, 3.8) is 0 Å². The van der Waals surface area contributed by atoms with E-state index in [1.165, 1.54) is 0 Å². The van der Waals surface area contributed by atoms with Gasteiger partial charge in [-0.05, 0) is 6.92 Å². The lowest BCUT2D eigenvalue weighted by molar-refractivity contribution is -0.342. The van der Waals surface area contributed by atoms with Crippen molar-refractivity contribution in [2.24, 2.45) is 0 Å². The minimum atomic E-state index is -5.44. The van der Waals surface area contributed by atoms with Crippen LogP contribution < -0.4 is 0 Å². The number of halogens is 4. The Bertz CT molecular complexity index is 117. The van der Waals surface area contributed by atoms with E-state index in [9.17, 15) is 17.6 Å². The van der Waals surface area contributed by atoms with Gasteiger partial charge in [-0.2, -0.15) is 17.6 Å². The van der Waals surface area contributed by atoms with Crippen LogP contribution in [0.5, 0.6) is 0 Å². The molecule has 0 saturated heterocycles. The van der Waals surface area contributed by atoms with Crippen molar-refractivity contribution in [2.45, 2.75) is 25.1 Å². The van der Waals surface area contributed by atoms with E-state index in [1.54, 1.807) is 0 Å². The summed E-state index contributed by atoms with van der Waals surface area (Å²) in [5.74, 6) is -4.51. The van der Waals surface area contributed by atoms with E-state index in [4.69, 9.17) is 10.2 Å². The van der Waals surface area contributed by atoms with Gasteiger partial charge < -0.3 is 10.2 Å². The molecule has 0 aliphatic heterocycles. The summed E-state index contributed by atoms with van der Waals surface area (Å²) in [4.78, 5) is 0. The summed E-state index contributed by atoms with van der Waals surface area (Å²) >= 11 is 0. The average Bonchev–Trinajstić information content (AvgIpc) is 1.62. The van der Waals surface area contributed by atoms with Gasteiger partial charge in [0.1, 0.15) is 6.10 Å². The quantitative estimate of drug-likeness (QED) is 0.554. The van der Waals surface area contributed by atoms with E-state index in [0.717, 1.165) is 0 Å². The molecule has 0 aromatic rings. The van der Waals surface area contributed by atoms with Gasteiger partial charge in [-0.15, -0.1) is 0 Å². The smallest absolute Gasteiger partial charge is 0.387 e. The molecule has 0 heterocycles. The van der Waals surface area contributed by atoms with Crippen molar-refractivity contribution >= 4 is 0 Å². The highest BCUT2D eigenvalue weighted by Gasteiger charge is 2.58. The Morgan fingerprint density at radius 1 is 1.20 bits per heavy atom. The van der Waals surface area contributed by atoms with Gasteiger partial charge in [-0.1, -0.05) is 0 Å². The van der Waals surface area contributed by atoms with Crippen LogP contribution in [0.1, 0.15) is 6.92 Å². The zero-order chi connectivity index (χ0) is 8.58. The van der Waals surface area contributed by atoms with Crippen LogP contribution in [0.25, 0.3) is 0 Å². The van der Waals surface area contributed by atoms with Crippen molar-refractivity contribution in [1.82, 2.24) is 0 Å². The molecule has 2 nitrogen and oxygen atoms in total. The molecule has 0 spiro atoms. The van der Waals surface area contributed by atoms with Crippen molar-refractivity contribution in [2.75, 3.05) is 0 Å². The van der Waals surface area contributed by atoms with E-state index >= 15 is 0 Å². The third-order valence-corrected chi connectivity index (χ3v) is 0.951. The van der Waals surface area contributed by atoms with E-state index in [2.05, 4.69) is 0 Å². The molecule has 2 N–H and O–H groups in total. The van der Waals surface area contributed by atoms with Gasteiger partial charge in [-0.25, -0.2) is 0 Å². The predicted molar refractivity (Wildman–Crippen MR) is 23.8 cm³/mol. The largest absolute Gasteiger partial charge is 0.450 e. The highest BCUT2D eigenvalue weighted by atomic mass is 19.4. The zero-order valence-electron chi connectivity index (χ0n) is 4.98. The summed E-state index contributed by atoms with van der Waals surface area (Å²) in [6.07, 6.45) is -7.92. The number of hydrogen-bond acceptors (Lipinski definition) is 2. The maximum Gasteiger partial charge on any atom is 0.450 e. The first-order valence-electron chi connectivity index (χ1n) is 2.35. The molecule has 0 fully saturated rings. The van der Waals surface area contributed by atoms with Gasteiger partial charge in [0.05, 0.1) is 0 Å². The molecule has 62 valence electrons. The number of rotatable bonds is 1. The average molecular weight is 162 g/mol. The summed E-state index contributed by atoms with van der Waals surface area (Å²) in [6, 6.07) is 0. The fraction of sp³-hybridized carbons (Fsp3) is 1.00. The Labute approximate surface area is 54.1 Å². The van der Waals surface area contributed by atoms with Gasteiger partial charge in [-0.3, -0.25) is 0 Å². The van der Waals surface area contributed by atoms with Crippen LogP contribution in [-0.4, -0.2) is 28.3 Å². The number of alkyl halides is 4. The normalized spacial score (nSPS) is 21.9. The lowest BCUT2D eigenvalue weighted by atomic mass is 10.2. The summed E-state index contributed by atoms with van der Waals surface area (Å²) in [5.41, 5.74) is 0. The molecule has 10 heavy (non-hydrogen) atoms. The second-order valence-electron chi connectivity index (χ2n) is 1.85. The first kappa shape index (κ1) is 9.64. The summed E-state index contributed by atoms with van der Waals surface area (Å²) in [6.45, 7) is 0.507. The Morgan fingerprint density at radius 2 is 1.50 bits per heavy atom. The predicted octanol–water partition coefficient (Wildman–Crippen LogP) is 0.588. The third kappa shape index (κ3) is 1.57.